The van der Waals surface area contributed by atoms with Gasteiger partial charge in [-0.2, -0.15) is 0 Å². The fourth-order valence-corrected chi connectivity index (χ4v) is 2.59. The summed E-state index contributed by atoms with van der Waals surface area (Å²) in [7, 11) is 0. The Kier molecular flexibility index (Phi) is 4.07. The summed E-state index contributed by atoms with van der Waals surface area (Å²) in [4.78, 5) is 28.5. The van der Waals surface area contributed by atoms with Crippen LogP contribution in [-0.2, 0) is 16.1 Å². The molecule has 2 amide bonds. The molecule has 1 saturated carbocycles. The Morgan fingerprint density at radius 1 is 1.35 bits per heavy atom. The van der Waals surface area contributed by atoms with Gasteiger partial charge < -0.3 is 15.4 Å². The lowest BCUT2D eigenvalue weighted by Gasteiger charge is -2.21. The van der Waals surface area contributed by atoms with E-state index in [2.05, 4.69) is 15.6 Å². The maximum absolute atomic E-state index is 12.0. The number of hydrogen-bond donors (Lipinski definition) is 2. The molecule has 0 aromatic heterocycles. The third-order valence-electron chi connectivity index (χ3n) is 4.17. The van der Waals surface area contributed by atoms with Crippen LogP contribution in [0.4, 0.5) is 4.79 Å². The highest BCUT2D eigenvalue weighted by molar-refractivity contribution is 6.12. The minimum atomic E-state index is -0.557. The zero-order valence-corrected chi connectivity index (χ0v) is 13.3. The van der Waals surface area contributed by atoms with Gasteiger partial charge in [-0.25, -0.2) is 4.79 Å². The smallest absolute Gasteiger partial charge is 0.408 e. The Bertz CT molecular complexity index is 636. The molecule has 1 fully saturated rings. The van der Waals surface area contributed by atoms with Crippen molar-refractivity contribution >= 4 is 17.8 Å². The second-order valence-electron chi connectivity index (χ2n) is 6.41. The molecule has 1 aliphatic carbocycles. The quantitative estimate of drug-likeness (QED) is 0.872. The van der Waals surface area contributed by atoms with Gasteiger partial charge in [0, 0.05) is 0 Å². The van der Waals surface area contributed by atoms with Crippen molar-refractivity contribution in [3.8, 4) is 0 Å². The monoisotopic (exact) mass is 315 g/mol. The lowest BCUT2D eigenvalue weighted by molar-refractivity contribution is -0.120. The third-order valence-corrected chi connectivity index (χ3v) is 4.17. The van der Waals surface area contributed by atoms with Gasteiger partial charge in [-0.05, 0) is 24.3 Å². The Morgan fingerprint density at radius 3 is 2.61 bits per heavy atom. The zero-order chi connectivity index (χ0) is 16.4. The highest BCUT2D eigenvalue weighted by atomic mass is 16.5. The van der Waals surface area contributed by atoms with Gasteiger partial charge in [0.2, 0.25) is 0 Å². The number of amidine groups is 1. The van der Waals surface area contributed by atoms with Crippen LogP contribution in [-0.4, -0.2) is 29.4 Å². The molecule has 1 atom stereocenters. The normalized spacial score (nSPS) is 19.3. The predicted octanol–water partition coefficient (Wildman–Crippen LogP) is 2.00. The third kappa shape index (κ3) is 3.36. The number of rotatable bonds is 5. The van der Waals surface area contributed by atoms with Gasteiger partial charge in [-0.1, -0.05) is 44.2 Å². The molecule has 6 nitrogen and oxygen atoms in total. The molecular weight excluding hydrogens is 294 g/mol. The summed E-state index contributed by atoms with van der Waals surface area (Å²) in [5, 5.41) is 5.62. The molecule has 1 heterocycles. The Labute approximate surface area is 135 Å². The van der Waals surface area contributed by atoms with Crippen molar-refractivity contribution in [3.63, 3.8) is 0 Å². The summed E-state index contributed by atoms with van der Waals surface area (Å²) in [5.41, 5.74) is 0.366. The minimum Gasteiger partial charge on any atom is -0.445 e. The standard InChI is InChI=1S/C17H21N3O3/c1-11(2)13(14-19-15(21)17(20-14)8-9-17)18-16(22)23-10-12-6-4-3-5-7-12/h3-7,11,13H,8-10H2,1-2H3,(H,18,22)(H,19,20,21). The number of carbonyl (C=O) groups excluding carboxylic acids is 2. The van der Waals surface area contributed by atoms with Crippen LogP contribution in [0.15, 0.2) is 35.3 Å². The second kappa shape index (κ2) is 6.02. The summed E-state index contributed by atoms with van der Waals surface area (Å²) in [5.74, 6) is 0.573. The van der Waals surface area contributed by atoms with Crippen LogP contribution in [0.1, 0.15) is 32.3 Å². The van der Waals surface area contributed by atoms with Crippen molar-refractivity contribution in [3.05, 3.63) is 35.9 Å². The molecule has 0 bridgehead atoms. The van der Waals surface area contributed by atoms with Crippen LogP contribution in [0.2, 0.25) is 0 Å². The molecule has 122 valence electrons. The Morgan fingerprint density at radius 2 is 2.04 bits per heavy atom. The van der Waals surface area contributed by atoms with Gasteiger partial charge in [0.1, 0.15) is 18.0 Å². The number of amides is 2. The predicted molar refractivity (Wildman–Crippen MR) is 85.9 cm³/mol. The van der Waals surface area contributed by atoms with E-state index >= 15 is 0 Å². The zero-order valence-electron chi connectivity index (χ0n) is 13.3. The highest BCUT2D eigenvalue weighted by Gasteiger charge is 2.54. The molecule has 2 aliphatic rings. The van der Waals surface area contributed by atoms with Crippen molar-refractivity contribution < 1.29 is 14.3 Å². The number of aliphatic imine (C=N–C) groups is 1. The van der Waals surface area contributed by atoms with Crippen molar-refractivity contribution in [2.75, 3.05) is 0 Å². The molecule has 1 spiro atoms. The van der Waals surface area contributed by atoms with Crippen LogP contribution < -0.4 is 10.6 Å². The largest absolute Gasteiger partial charge is 0.445 e. The van der Waals surface area contributed by atoms with Crippen LogP contribution in [0, 0.1) is 5.92 Å². The molecule has 0 saturated heterocycles. The number of hydrogen-bond acceptors (Lipinski definition) is 4. The van der Waals surface area contributed by atoms with Crippen LogP contribution in [0.25, 0.3) is 0 Å². The van der Waals surface area contributed by atoms with Gasteiger partial charge in [-0.15, -0.1) is 0 Å². The Balaban J connectivity index is 1.59. The molecule has 23 heavy (non-hydrogen) atoms. The van der Waals surface area contributed by atoms with Crippen LogP contribution in [0.3, 0.4) is 0 Å². The lowest BCUT2D eigenvalue weighted by Crippen LogP contribution is -2.49. The lowest BCUT2D eigenvalue weighted by atomic mass is 10.0. The van der Waals surface area contributed by atoms with Gasteiger partial charge in [-0.3, -0.25) is 9.79 Å². The number of carbonyl (C=O) groups is 2. The summed E-state index contributed by atoms with van der Waals surface area (Å²) in [6.45, 7) is 4.14. The minimum absolute atomic E-state index is 0.0578. The van der Waals surface area contributed by atoms with Crippen LogP contribution in [0.5, 0.6) is 0 Å². The molecule has 1 aliphatic heterocycles. The first kappa shape index (κ1) is 15.5. The average molecular weight is 315 g/mol. The number of alkyl carbamates (subject to hydrolysis) is 1. The summed E-state index contributed by atoms with van der Waals surface area (Å²) in [6, 6.07) is 9.13. The number of ether oxygens (including phenoxy) is 1. The molecule has 3 rings (SSSR count). The van der Waals surface area contributed by atoms with Crippen molar-refractivity contribution in [2.24, 2.45) is 10.9 Å². The number of nitrogens with zero attached hydrogens (tertiary/aromatic N) is 1. The second-order valence-corrected chi connectivity index (χ2v) is 6.41. The Hall–Kier alpha value is -2.37. The fraction of sp³-hybridized carbons (Fsp3) is 0.471. The average Bonchev–Trinajstić information content (AvgIpc) is 3.24. The summed E-state index contributed by atoms with van der Waals surface area (Å²) in [6.07, 6.45) is 1.05. The van der Waals surface area contributed by atoms with E-state index < -0.39 is 11.6 Å². The highest BCUT2D eigenvalue weighted by Crippen LogP contribution is 2.42. The number of benzene rings is 1. The van der Waals surface area contributed by atoms with Gasteiger partial charge in [0.05, 0.1) is 6.04 Å². The van der Waals surface area contributed by atoms with Gasteiger partial charge in [0.15, 0.2) is 0 Å². The van der Waals surface area contributed by atoms with E-state index in [0.29, 0.717) is 5.84 Å². The first-order valence-corrected chi connectivity index (χ1v) is 7.88. The summed E-state index contributed by atoms with van der Waals surface area (Å²) < 4.78 is 5.24. The fourth-order valence-electron chi connectivity index (χ4n) is 2.59. The SMILES string of the molecule is CC(C)C(NC(=O)OCc1ccccc1)C1=NC2(CC2)C(=O)N1. The molecule has 0 radical (unpaired) electrons. The van der Waals surface area contributed by atoms with E-state index in [4.69, 9.17) is 4.74 Å². The van der Waals surface area contributed by atoms with Gasteiger partial charge in [0.25, 0.3) is 5.91 Å². The van der Waals surface area contributed by atoms with Crippen molar-refractivity contribution in [1.29, 1.82) is 0 Å². The molecule has 6 heteroatoms. The van der Waals surface area contributed by atoms with E-state index in [1.165, 1.54) is 0 Å². The van der Waals surface area contributed by atoms with E-state index in [0.717, 1.165) is 18.4 Å². The van der Waals surface area contributed by atoms with E-state index in [9.17, 15) is 9.59 Å². The maximum atomic E-state index is 12.0. The van der Waals surface area contributed by atoms with Crippen molar-refractivity contribution in [1.82, 2.24) is 10.6 Å². The maximum Gasteiger partial charge on any atom is 0.408 e. The van der Waals surface area contributed by atoms with Crippen LogP contribution >= 0.6 is 0 Å². The number of nitrogens with one attached hydrogen (secondary N) is 2. The van der Waals surface area contributed by atoms with E-state index in [-0.39, 0.29) is 24.5 Å². The van der Waals surface area contributed by atoms with Crippen molar-refractivity contribution in [2.45, 2.75) is 44.9 Å². The first-order chi connectivity index (χ1) is 11.0. The molecule has 1 unspecified atom stereocenters. The van der Waals surface area contributed by atoms with E-state index in [1.807, 2.05) is 44.2 Å². The first-order valence-electron chi connectivity index (χ1n) is 7.88. The molecule has 1 aromatic rings. The molecular formula is C17H21N3O3. The molecule has 2 N–H and O–H groups in total. The molecule has 1 aromatic carbocycles. The van der Waals surface area contributed by atoms with Gasteiger partial charge >= 0.3 is 6.09 Å². The summed E-state index contributed by atoms with van der Waals surface area (Å²) >= 11 is 0. The topological polar surface area (TPSA) is 79.8 Å². The van der Waals surface area contributed by atoms with E-state index in [1.54, 1.807) is 0 Å².